The molecule has 1 unspecified atom stereocenters. The molecule has 0 spiro atoms. The second-order valence-electron chi connectivity index (χ2n) is 11.1. The van der Waals surface area contributed by atoms with Gasteiger partial charge in [0.2, 0.25) is 21.8 Å². The van der Waals surface area contributed by atoms with Gasteiger partial charge in [-0.25, -0.2) is 8.42 Å². The van der Waals surface area contributed by atoms with Crippen molar-refractivity contribution in [3.63, 3.8) is 0 Å². The summed E-state index contributed by atoms with van der Waals surface area (Å²) in [6, 6.07) is 19.2. The number of sulfonamides is 1. The maximum atomic E-state index is 13.5. The molecule has 1 aliphatic carbocycles. The van der Waals surface area contributed by atoms with Gasteiger partial charge in [0.25, 0.3) is 5.89 Å². The van der Waals surface area contributed by atoms with E-state index in [-0.39, 0.29) is 36.4 Å². The third-order valence-electron chi connectivity index (χ3n) is 8.08. The van der Waals surface area contributed by atoms with Crippen molar-refractivity contribution in [3.8, 4) is 22.6 Å². The van der Waals surface area contributed by atoms with Crippen molar-refractivity contribution in [2.45, 2.75) is 56.5 Å². The highest BCUT2D eigenvalue weighted by Gasteiger charge is 2.40. The lowest BCUT2D eigenvalue weighted by molar-refractivity contribution is -0.132. The van der Waals surface area contributed by atoms with Gasteiger partial charge in [-0.1, -0.05) is 59.3 Å². The third kappa shape index (κ3) is 5.82. The highest BCUT2D eigenvalue weighted by Crippen LogP contribution is 2.36. The summed E-state index contributed by atoms with van der Waals surface area (Å²) >= 11 is 0. The van der Waals surface area contributed by atoms with Crippen LogP contribution in [0.25, 0.3) is 22.6 Å². The first-order valence-corrected chi connectivity index (χ1v) is 15.8. The minimum Gasteiger partial charge on any atom is -0.353 e. The molecule has 11 heteroatoms. The summed E-state index contributed by atoms with van der Waals surface area (Å²) in [4.78, 5) is 30.7. The van der Waals surface area contributed by atoms with Gasteiger partial charge in [-0.2, -0.15) is 9.29 Å². The summed E-state index contributed by atoms with van der Waals surface area (Å²) in [5, 5.41) is 9.74. The van der Waals surface area contributed by atoms with Crippen molar-refractivity contribution in [2.75, 3.05) is 13.1 Å². The normalized spacial score (nSPS) is 19.0. The maximum absolute atomic E-state index is 13.5. The molecule has 1 fully saturated rings. The van der Waals surface area contributed by atoms with Gasteiger partial charge in [-0.05, 0) is 73.6 Å². The average molecular weight is 600 g/mol. The van der Waals surface area contributed by atoms with E-state index < -0.39 is 22.0 Å². The Morgan fingerprint density at radius 1 is 1.07 bits per heavy atom. The van der Waals surface area contributed by atoms with Crippen LogP contribution in [0.2, 0.25) is 0 Å². The van der Waals surface area contributed by atoms with Crippen molar-refractivity contribution in [2.24, 2.45) is 0 Å². The fourth-order valence-corrected chi connectivity index (χ4v) is 7.50. The number of aryl methyl sites for hydroxylation is 3. The Morgan fingerprint density at radius 3 is 2.58 bits per heavy atom. The largest absolute Gasteiger partial charge is 0.353 e. The lowest BCUT2D eigenvalue weighted by Gasteiger charge is -2.34. The van der Waals surface area contributed by atoms with Crippen LogP contribution in [0, 0.1) is 13.8 Å². The Morgan fingerprint density at radius 2 is 1.84 bits per heavy atom. The van der Waals surface area contributed by atoms with Crippen LogP contribution in [0.4, 0.5) is 0 Å². The molecule has 222 valence electrons. The lowest BCUT2D eigenvalue weighted by atomic mass is 9.85. The van der Waals surface area contributed by atoms with Gasteiger partial charge >= 0.3 is 0 Å². The number of hydrogen-bond acceptors (Lipinski definition) is 7. The number of hydrogen-bond donors (Lipinski definition) is 2. The number of rotatable bonds is 7. The highest BCUT2D eigenvalue weighted by atomic mass is 32.2. The first-order valence-electron chi connectivity index (χ1n) is 14.4. The molecule has 2 atom stereocenters. The van der Waals surface area contributed by atoms with Crippen LogP contribution in [0.1, 0.15) is 47.8 Å². The van der Waals surface area contributed by atoms with Gasteiger partial charge in [-0.3, -0.25) is 9.59 Å². The van der Waals surface area contributed by atoms with E-state index in [1.807, 2.05) is 43.3 Å². The number of amides is 2. The Balaban J connectivity index is 1.21. The topological polar surface area (TPSA) is 134 Å². The highest BCUT2D eigenvalue weighted by molar-refractivity contribution is 7.89. The first kappa shape index (κ1) is 28.8. The SMILES string of the molecule is Cc1ccc(S(=O)(=O)N2CCNC(=O)C2CC(=O)N[C@@H]2CCCc3cc(-c4ccccc4-c4nc(C)no4)ccc32)cc1. The molecule has 4 aromatic rings. The molecule has 6 rings (SSSR count). The number of carbonyl (C=O) groups excluding carboxylic acids is 2. The van der Waals surface area contributed by atoms with Gasteiger partial charge < -0.3 is 15.2 Å². The molecular weight excluding hydrogens is 566 g/mol. The molecule has 2 heterocycles. The quantitative estimate of drug-likeness (QED) is 0.327. The number of aromatic nitrogens is 2. The van der Waals surface area contributed by atoms with Crippen LogP contribution in [-0.4, -0.2) is 53.8 Å². The number of piperazine rings is 1. The van der Waals surface area contributed by atoms with Crippen LogP contribution in [0.3, 0.4) is 0 Å². The first-order chi connectivity index (χ1) is 20.7. The minimum absolute atomic E-state index is 0.0968. The van der Waals surface area contributed by atoms with E-state index in [9.17, 15) is 18.0 Å². The van der Waals surface area contributed by atoms with Crippen LogP contribution in [0.15, 0.2) is 76.1 Å². The average Bonchev–Trinajstić information content (AvgIpc) is 3.44. The fourth-order valence-electron chi connectivity index (χ4n) is 5.91. The van der Waals surface area contributed by atoms with Crippen LogP contribution in [-0.2, 0) is 26.0 Å². The van der Waals surface area contributed by atoms with Crippen molar-refractivity contribution >= 4 is 21.8 Å². The second-order valence-corrected chi connectivity index (χ2v) is 12.9. The predicted molar refractivity (Wildman–Crippen MR) is 160 cm³/mol. The van der Waals surface area contributed by atoms with E-state index in [2.05, 4.69) is 26.8 Å². The van der Waals surface area contributed by atoms with Crippen LogP contribution in [0.5, 0.6) is 0 Å². The molecule has 0 bridgehead atoms. The molecule has 3 aromatic carbocycles. The summed E-state index contributed by atoms with van der Waals surface area (Å²) in [5.74, 6) is 0.183. The van der Waals surface area contributed by atoms with E-state index in [1.165, 1.54) is 12.1 Å². The Bertz CT molecular complexity index is 1780. The molecule has 1 aliphatic heterocycles. The monoisotopic (exact) mass is 599 g/mol. The molecule has 1 aromatic heterocycles. The minimum atomic E-state index is -3.96. The molecule has 0 radical (unpaired) electrons. The molecule has 2 N–H and O–H groups in total. The number of carbonyl (C=O) groups is 2. The van der Waals surface area contributed by atoms with Crippen LogP contribution < -0.4 is 10.6 Å². The summed E-state index contributed by atoms with van der Waals surface area (Å²) in [6.45, 7) is 3.94. The number of nitrogens with one attached hydrogen (secondary N) is 2. The van der Waals surface area contributed by atoms with Crippen molar-refractivity contribution in [1.82, 2.24) is 25.1 Å². The molecule has 43 heavy (non-hydrogen) atoms. The molecule has 2 aliphatic rings. The molecule has 0 saturated carbocycles. The van der Waals surface area contributed by atoms with E-state index in [1.54, 1.807) is 19.1 Å². The molecular formula is C32H33N5O5S. The zero-order valence-corrected chi connectivity index (χ0v) is 24.9. The van der Waals surface area contributed by atoms with Gasteiger partial charge in [0.15, 0.2) is 5.82 Å². The van der Waals surface area contributed by atoms with Gasteiger partial charge in [0.05, 0.1) is 17.4 Å². The van der Waals surface area contributed by atoms with Crippen LogP contribution >= 0.6 is 0 Å². The molecule has 2 amide bonds. The summed E-state index contributed by atoms with van der Waals surface area (Å²) < 4.78 is 33.5. The molecule has 10 nitrogen and oxygen atoms in total. The second kappa shape index (κ2) is 11.7. The zero-order valence-electron chi connectivity index (χ0n) is 24.0. The fraction of sp³-hybridized carbons (Fsp3) is 0.312. The number of fused-ring (bicyclic) bond motifs is 1. The van der Waals surface area contributed by atoms with E-state index >= 15 is 0 Å². The van der Waals surface area contributed by atoms with Crippen molar-refractivity contribution < 1.29 is 22.5 Å². The number of nitrogens with zero attached hydrogens (tertiary/aromatic N) is 3. The molecule has 1 saturated heterocycles. The predicted octanol–water partition coefficient (Wildman–Crippen LogP) is 4.09. The van der Waals surface area contributed by atoms with E-state index in [0.717, 1.165) is 56.9 Å². The van der Waals surface area contributed by atoms with Gasteiger partial charge in [-0.15, -0.1) is 0 Å². The Labute approximate surface area is 250 Å². The summed E-state index contributed by atoms with van der Waals surface area (Å²) in [7, 11) is -3.96. The van der Waals surface area contributed by atoms with Crippen molar-refractivity contribution in [3.05, 3.63) is 89.2 Å². The van der Waals surface area contributed by atoms with Gasteiger partial charge in [0, 0.05) is 18.7 Å². The zero-order chi connectivity index (χ0) is 30.1. The standard InChI is InChI=1S/C32H33N5O5S/c1-20-10-13-24(14-11-20)43(40,41)37-17-16-33-31(39)29(37)19-30(38)35-28-9-5-6-22-18-23(12-15-26(22)28)25-7-3-4-8-27(25)32-34-21(2)36-42-32/h3-4,7-8,10-15,18,28-29H,5-6,9,16-17,19H2,1-2H3,(H,33,39)(H,35,38)/t28-,29?/m1/s1. The van der Waals surface area contributed by atoms with Gasteiger partial charge in [0.1, 0.15) is 6.04 Å². The smallest absolute Gasteiger partial charge is 0.258 e. The van der Waals surface area contributed by atoms with Crippen molar-refractivity contribution in [1.29, 1.82) is 0 Å². The summed E-state index contributed by atoms with van der Waals surface area (Å²) in [6.07, 6.45) is 2.23. The van der Waals surface area contributed by atoms with E-state index in [0.29, 0.717) is 11.7 Å². The maximum Gasteiger partial charge on any atom is 0.258 e. The number of benzene rings is 3. The van der Waals surface area contributed by atoms with E-state index in [4.69, 9.17) is 4.52 Å². The lowest BCUT2D eigenvalue weighted by Crippen LogP contribution is -2.58. The third-order valence-corrected chi connectivity index (χ3v) is 10.00. The summed E-state index contributed by atoms with van der Waals surface area (Å²) in [5.41, 5.74) is 5.90. The Kier molecular flexibility index (Phi) is 7.85. The Hall–Kier alpha value is -4.35.